The van der Waals surface area contributed by atoms with Gasteiger partial charge in [0.05, 0.1) is 25.7 Å². The van der Waals surface area contributed by atoms with Gasteiger partial charge in [-0.1, -0.05) is 54.1 Å². The van der Waals surface area contributed by atoms with Crippen LogP contribution in [0.5, 0.6) is 0 Å². The Hall–Kier alpha value is -3.30. The second-order valence-corrected chi connectivity index (χ2v) is 12.8. The lowest BCUT2D eigenvalue weighted by atomic mass is 10.0. The molecule has 4 saturated heterocycles. The molecule has 4 fully saturated rings. The van der Waals surface area contributed by atoms with E-state index in [1.165, 1.54) is 19.1 Å². The quantitative estimate of drug-likeness (QED) is 0.0475. The number of allylic oxidation sites excluding steroid dienone is 10. The second-order valence-electron chi connectivity index (χ2n) is 12.2. The number of aliphatic hydroxyl groups excluding tert-OH is 7. The minimum atomic E-state index is -1.89. The van der Waals surface area contributed by atoms with Crippen molar-refractivity contribution in [2.24, 2.45) is 5.73 Å². The first kappa shape index (κ1) is 40.5. The molecule has 0 saturated carbocycles. The Morgan fingerprint density at radius 1 is 0.882 bits per heavy atom. The average molecular weight is 743 g/mol. The van der Waals surface area contributed by atoms with E-state index in [-0.39, 0.29) is 0 Å². The zero-order valence-electron chi connectivity index (χ0n) is 27.6. The number of nitrogens with two attached hydrogens (primary N) is 1. The molecule has 9 N–H and O–H groups in total. The van der Waals surface area contributed by atoms with E-state index in [0.717, 1.165) is 11.0 Å². The first-order valence-electron chi connectivity index (χ1n) is 16.0. The summed E-state index contributed by atoms with van der Waals surface area (Å²) in [6.07, 6.45) is -5.02. The minimum absolute atomic E-state index is 0.457. The number of rotatable bonds is 12. The fraction of sp³-hybridized carbons (Fsp3) is 0.545. The molecule has 2 amide bonds. The number of halogens is 1. The van der Waals surface area contributed by atoms with E-state index in [4.69, 9.17) is 41.0 Å². The van der Waals surface area contributed by atoms with E-state index in [0.29, 0.717) is 5.03 Å². The number of ketones is 1. The predicted molar refractivity (Wildman–Crippen MR) is 175 cm³/mol. The highest BCUT2D eigenvalue weighted by atomic mass is 35.5. The van der Waals surface area contributed by atoms with Crippen LogP contribution >= 0.6 is 11.6 Å². The molecule has 0 bridgehead atoms. The number of hydrogen-bond acceptors (Lipinski definition) is 15. The Morgan fingerprint density at radius 2 is 1.51 bits per heavy atom. The number of Topliss-reactive ketones (excluding diaryl/α,β-unsaturated/α-hetero) is 1. The zero-order valence-corrected chi connectivity index (χ0v) is 28.4. The van der Waals surface area contributed by atoms with Crippen LogP contribution in [-0.2, 0) is 38.1 Å². The molecule has 0 aromatic heterocycles. The largest absolute Gasteiger partial charge is 0.507 e. The molecular weight excluding hydrogens is 700 g/mol. The third-order valence-electron chi connectivity index (χ3n) is 8.45. The van der Waals surface area contributed by atoms with Crippen LogP contribution in [0.25, 0.3) is 0 Å². The second kappa shape index (κ2) is 18.0. The third kappa shape index (κ3) is 9.58. The van der Waals surface area contributed by atoms with Gasteiger partial charge in [-0.05, 0) is 26.0 Å². The number of carbonyl (C=O) groups is 3. The Kier molecular flexibility index (Phi) is 14.2. The van der Waals surface area contributed by atoms with Crippen molar-refractivity contribution >= 4 is 29.2 Å². The Labute approximate surface area is 297 Å². The van der Waals surface area contributed by atoms with E-state index in [9.17, 15) is 50.1 Å². The number of nitrogens with zero attached hydrogens (tertiary/aromatic N) is 1. The highest BCUT2D eigenvalue weighted by Crippen LogP contribution is 2.35. The van der Waals surface area contributed by atoms with E-state index < -0.39 is 128 Å². The lowest BCUT2D eigenvalue weighted by Crippen LogP contribution is -2.65. The standard InChI is InChI=1S/C33H43ClN2O15/c1-15(34)10-8-6-4-3-5-7-9-11-18(37)22-24(41)17(12-21(35)39)36(30(22)46)31-29(25(42)19(38)13-47-31)51-32-28(45)26(43)20(14-48-32)50-33-27(44)23(40)16(2)49-33/h3-11,16-17,19-20,23,25-29,31-33,37-38,40,42-45H,12-14H2,1-2H3,(H2,35,39)/b4-3+,7-5+,8-6+,11-9+,15-10-,22-18-. The molecule has 4 aliphatic heterocycles. The van der Waals surface area contributed by atoms with Gasteiger partial charge < -0.3 is 65.2 Å². The fourth-order valence-corrected chi connectivity index (χ4v) is 5.81. The number of carbonyl (C=O) groups excluding carboxylic acids is 3. The fourth-order valence-electron chi connectivity index (χ4n) is 5.74. The van der Waals surface area contributed by atoms with Crippen molar-refractivity contribution in [3.63, 3.8) is 0 Å². The number of hydrogen-bond donors (Lipinski definition) is 8. The molecule has 0 spiro atoms. The number of primary amides is 1. The van der Waals surface area contributed by atoms with Crippen LogP contribution in [0.3, 0.4) is 0 Å². The topological polar surface area (TPSA) is 268 Å². The Balaban J connectivity index is 1.52. The molecule has 0 aromatic carbocycles. The van der Waals surface area contributed by atoms with E-state index >= 15 is 0 Å². The van der Waals surface area contributed by atoms with E-state index in [2.05, 4.69) is 0 Å². The molecule has 4 aliphatic rings. The van der Waals surface area contributed by atoms with Crippen molar-refractivity contribution in [1.29, 1.82) is 0 Å². The minimum Gasteiger partial charge on any atom is -0.507 e. The van der Waals surface area contributed by atoms with Crippen molar-refractivity contribution in [1.82, 2.24) is 4.90 Å². The Bertz CT molecular complexity index is 1460. The summed E-state index contributed by atoms with van der Waals surface area (Å²) in [5.74, 6) is -3.83. The predicted octanol–water partition coefficient (Wildman–Crippen LogP) is -1.79. The number of likely N-dealkylation sites (tertiary alicyclic amines) is 1. The maximum Gasteiger partial charge on any atom is 0.264 e. The molecule has 0 radical (unpaired) electrons. The Morgan fingerprint density at radius 3 is 2.12 bits per heavy atom. The van der Waals surface area contributed by atoms with Gasteiger partial charge >= 0.3 is 0 Å². The first-order valence-corrected chi connectivity index (χ1v) is 16.4. The summed E-state index contributed by atoms with van der Waals surface area (Å²) in [4.78, 5) is 40.0. The molecular formula is C33H43ClN2O15. The van der Waals surface area contributed by atoms with Crippen molar-refractivity contribution in [3.8, 4) is 0 Å². The lowest BCUT2D eigenvalue weighted by molar-refractivity contribution is -0.338. The maximum atomic E-state index is 13.7. The summed E-state index contributed by atoms with van der Waals surface area (Å²) < 4.78 is 27.8. The third-order valence-corrected chi connectivity index (χ3v) is 8.57. The van der Waals surface area contributed by atoms with Gasteiger partial charge in [0.15, 0.2) is 24.6 Å². The zero-order chi connectivity index (χ0) is 37.6. The van der Waals surface area contributed by atoms with Crippen molar-refractivity contribution < 1.29 is 73.8 Å². The van der Waals surface area contributed by atoms with Gasteiger partial charge in [0, 0.05) is 5.03 Å². The lowest BCUT2D eigenvalue weighted by Gasteiger charge is -2.46. The molecule has 282 valence electrons. The van der Waals surface area contributed by atoms with Crippen molar-refractivity contribution in [3.05, 3.63) is 71.0 Å². The van der Waals surface area contributed by atoms with Gasteiger partial charge in [0.1, 0.15) is 66.2 Å². The van der Waals surface area contributed by atoms with Crippen LogP contribution in [-0.4, -0.2) is 151 Å². The van der Waals surface area contributed by atoms with Gasteiger partial charge in [0.2, 0.25) is 5.91 Å². The molecule has 13 atom stereocenters. The van der Waals surface area contributed by atoms with Gasteiger partial charge in [-0.25, -0.2) is 0 Å². The van der Waals surface area contributed by atoms with Crippen LogP contribution in [0.15, 0.2) is 71.0 Å². The van der Waals surface area contributed by atoms with Crippen LogP contribution in [0, 0.1) is 0 Å². The summed E-state index contributed by atoms with van der Waals surface area (Å²) >= 11 is 5.74. The molecule has 0 aliphatic carbocycles. The van der Waals surface area contributed by atoms with Gasteiger partial charge in [-0.2, -0.15) is 0 Å². The molecule has 0 aromatic rings. The molecule has 17 nitrogen and oxygen atoms in total. The normalized spacial score (nSPS) is 39.4. The maximum absolute atomic E-state index is 13.7. The summed E-state index contributed by atoms with van der Waals surface area (Å²) in [6, 6.07) is -1.62. The van der Waals surface area contributed by atoms with Gasteiger partial charge in [0.25, 0.3) is 5.91 Å². The summed E-state index contributed by atoms with van der Waals surface area (Å²) in [7, 11) is 0. The molecule has 13 unspecified atom stereocenters. The van der Waals surface area contributed by atoms with Crippen molar-refractivity contribution in [2.45, 2.75) is 100 Å². The highest BCUT2D eigenvalue weighted by molar-refractivity contribution is 6.29. The average Bonchev–Trinajstić information content (AvgIpc) is 3.45. The summed E-state index contributed by atoms with van der Waals surface area (Å²) in [6.45, 7) is 2.20. The van der Waals surface area contributed by atoms with Crippen LogP contribution in [0.4, 0.5) is 0 Å². The van der Waals surface area contributed by atoms with Crippen LogP contribution in [0.2, 0.25) is 0 Å². The summed E-state index contributed by atoms with van der Waals surface area (Å²) in [5, 5.41) is 74.5. The first-order chi connectivity index (χ1) is 24.1. The van der Waals surface area contributed by atoms with Gasteiger partial charge in [-0.3, -0.25) is 19.3 Å². The smallest absolute Gasteiger partial charge is 0.264 e. The highest BCUT2D eigenvalue weighted by Gasteiger charge is 2.56. The SMILES string of the molecule is C/C(Cl)=C/C=C/C=C/C=C/C=C/C(O)=C1\C(=O)C(CC(N)=O)N(C2OCC(O)C(O)C2OC2OCC(OC3OC(C)C(O)C3O)C(O)C2O)C1=O. The number of aliphatic hydroxyl groups is 7. The monoisotopic (exact) mass is 742 g/mol. The van der Waals surface area contributed by atoms with Gasteiger partial charge in [-0.15, -0.1) is 0 Å². The van der Waals surface area contributed by atoms with Crippen LogP contribution < -0.4 is 5.73 Å². The van der Waals surface area contributed by atoms with E-state index in [1.807, 2.05) is 0 Å². The molecule has 4 rings (SSSR count). The molecule has 4 heterocycles. The molecule has 18 heteroatoms. The van der Waals surface area contributed by atoms with Crippen LogP contribution in [0.1, 0.15) is 20.3 Å². The molecule has 51 heavy (non-hydrogen) atoms. The number of amides is 2. The summed E-state index contributed by atoms with van der Waals surface area (Å²) in [5.41, 5.74) is 4.67. The van der Waals surface area contributed by atoms with Crippen molar-refractivity contribution in [2.75, 3.05) is 13.2 Å². The number of ether oxygens (including phenoxy) is 5. The van der Waals surface area contributed by atoms with E-state index in [1.54, 1.807) is 43.4 Å².